The molecule has 2 aliphatic rings. The van der Waals surface area contributed by atoms with Gasteiger partial charge in [0.25, 0.3) is 0 Å². The maximum atomic E-state index is 13.1. The van der Waals surface area contributed by atoms with E-state index in [-0.39, 0.29) is 35.1 Å². The molecule has 0 unspecified atom stereocenters. The second-order valence-electron chi connectivity index (χ2n) is 7.18. The fourth-order valence-electron chi connectivity index (χ4n) is 3.34. The van der Waals surface area contributed by atoms with Crippen LogP contribution in [0.1, 0.15) is 53.8 Å². The van der Waals surface area contributed by atoms with Gasteiger partial charge in [-0.05, 0) is 25.2 Å². The summed E-state index contributed by atoms with van der Waals surface area (Å²) < 4.78 is 28.4. The van der Waals surface area contributed by atoms with Gasteiger partial charge in [-0.1, -0.05) is 38.1 Å². The van der Waals surface area contributed by atoms with Gasteiger partial charge < -0.3 is 4.90 Å². The van der Waals surface area contributed by atoms with Crippen molar-refractivity contribution in [1.29, 1.82) is 0 Å². The number of ketones is 2. The number of hydrogen-bond acceptors (Lipinski definition) is 5. The zero-order chi connectivity index (χ0) is 18.9. The van der Waals surface area contributed by atoms with Crippen LogP contribution in [0, 0.1) is 5.92 Å². The maximum Gasteiger partial charge on any atom is 0.246 e. The summed E-state index contributed by atoms with van der Waals surface area (Å²) in [6.07, 6.45) is 2.79. The highest BCUT2D eigenvalue weighted by atomic mass is 32.2. The lowest BCUT2D eigenvalue weighted by molar-refractivity contribution is 0.0939. The minimum Gasteiger partial charge on any atom is -0.367 e. The minimum absolute atomic E-state index is 0.0321. The van der Waals surface area contributed by atoms with Crippen LogP contribution in [0.25, 0.3) is 0 Å². The zero-order valence-corrected chi connectivity index (χ0v) is 15.9. The summed E-state index contributed by atoms with van der Waals surface area (Å²) in [5, 5.41) is 0. The second-order valence-corrected chi connectivity index (χ2v) is 8.88. The van der Waals surface area contributed by atoms with E-state index in [9.17, 15) is 18.0 Å². The van der Waals surface area contributed by atoms with Crippen LogP contribution in [0.2, 0.25) is 0 Å². The van der Waals surface area contributed by atoms with Gasteiger partial charge in [0.1, 0.15) is 5.70 Å². The number of rotatable bonds is 5. The van der Waals surface area contributed by atoms with Gasteiger partial charge in [0.05, 0.1) is 0 Å². The van der Waals surface area contributed by atoms with Gasteiger partial charge in [-0.25, -0.2) is 13.1 Å². The van der Waals surface area contributed by atoms with Gasteiger partial charge in [-0.2, -0.15) is 0 Å². The molecule has 0 atom stereocenters. The molecule has 1 heterocycles. The molecule has 1 saturated heterocycles. The molecule has 1 aromatic carbocycles. The van der Waals surface area contributed by atoms with Crippen LogP contribution in [0.3, 0.4) is 0 Å². The van der Waals surface area contributed by atoms with E-state index in [1.54, 1.807) is 23.1 Å². The Bertz CT molecular complexity index is 865. The van der Waals surface area contributed by atoms with E-state index >= 15 is 0 Å². The van der Waals surface area contributed by atoms with E-state index in [2.05, 4.69) is 4.72 Å². The number of carbonyl (C=O) groups is 2. The van der Waals surface area contributed by atoms with E-state index in [4.69, 9.17) is 0 Å². The van der Waals surface area contributed by atoms with Gasteiger partial charge in [0.2, 0.25) is 21.6 Å². The van der Waals surface area contributed by atoms with Crippen molar-refractivity contribution in [2.45, 2.75) is 33.1 Å². The largest absolute Gasteiger partial charge is 0.367 e. The van der Waals surface area contributed by atoms with Gasteiger partial charge >= 0.3 is 0 Å². The van der Waals surface area contributed by atoms with Crippen molar-refractivity contribution >= 4 is 21.6 Å². The molecule has 0 radical (unpaired) electrons. The predicted octanol–water partition coefficient (Wildman–Crippen LogP) is 2.34. The molecule has 0 amide bonds. The van der Waals surface area contributed by atoms with Crippen LogP contribution in [0.15, 0.2) is 34.9 Å². The molecule has 0 saturated carbocycles. The van der Waals surface area contributed by atoms with Crippen molar-refractivity contribution in [2.24, 2.45) is 5.92 Å². The number of Topliss-reactive ketones (excluding diaryl/α,β-unsaturated/α-hetero) is 2. The highest BCUT2D eigenvalue weighted by Crippen LogP contribution is 2.32. The summed E-state index contributed by atoms with van der Waals surface area (Å²) in [5.41, 5.74) is 0.466. The first-order valence-corrected chi connectivity index (χ1v) is 10.5. The average Bonchev–Trinajstić information content (AvgIpc) is 2.63. The Morgan fingerprint density at radius 2 is 1.58 bits per heavy atom. The molecular formula is C19H24N2O4S. The molecule has 1 N–H and O–H groups in total. The first kappa shape index (κ1) is 18.8. The molecule has 7 heteroatoms. The predicted molar refractivity (Wildman–Crippen MR) is 99.3 cm³/mol. The van der Waals surface area contributed by atoms with E-state index in [0.717, 1.165) is 19.3 Å². The minimum atomic E-state index is -4.08. The molecule has 140 valence electrons. The van der Waals surface area contributed by atoms with Crippen molar-refractivity contribution in [1.82, 2.24) is 9.62 Å². The number of carbonyl (C=O) groups excluding carboxylic acids is 2. The summed E-state index contributed by atoms with van der Waals surface area (Å²) in [7, 11) is -4.08. The third kappa shape index (κ3) is 3.46. The molecule has 3 rings (SSSR count). The summed E-state index contributed by atoms with van der Waals surface area (Å²) >= 11 is 0. The van der Waals surface area contributed by atoms with Crippen molar-refractivity contribution in [2.75, 3.05) is 19.6 Å². The monoisotopic (exact) mass is 376 g/mol. The lowest BCUT2D eigenvalue weighted by atomic mass is 9.91. The van der Waals surface area contributed by atoms with Gasteiger partial charge in [-0.15, -0.1) is 0 Å². The van der Waals surface area contributed by atoms with Crippen LogP contribution in [-0.4, -0.2) is 44.5 Å². The molecule has 1 fully saturated rings. The topological polar surface area (TPSA) is 83.6 Å². The van der Waals surface area contributed by atoms with Crippen molar-refractivity contribution in [3.05, 3.63) is 46.0 Å². The van der Waals surface area contributed by atoms with Gasteiger partial charge in [-0.3, -0.25) is 9.59 Å². The fourth-order valence-corrected chi connectivity index (χ4v) is 4.87. The first-order valence-electron chi connectivity index (χ1n) is 9.00. The van der Waals surface area contributed by atoms with E-state index in [1.165, 1.54) is 6.07 Å². The van der Waals surface area contributed by atoms with E-state index < -0.39 is 20.7 Å². The maximum absolute atomic E-state index is 13.1. The highest BCUT2D eigenvalue weighted by molar-refractivity contribution is 7.94. The molecule has 0 spiro atoms. The normalized spacial score (nSPS) is 18.5. The SMILES string of the molecule is CC(C)CNS(=O)(=O)C1=C(N2CCCCC2)C(=O)c2ccccc2C1=O. The zero-order valence-electron chi connectivity index (χ0n) is 15.1. The first-order chi connectivity index (χ1) is 12.3. The Hall–Kier alpha value is -1.99. The number of benzene rings is 1. The Labute approximate surface area is 154 Å². The lowest BCUT2D eigenvalue weighted by Gasteiger charge is -2.33. The third-order valence-corrected chi connectivity index (χ3v) is 6.14. The smallest absolute Gasteiger partial charge is 0.246 e. The Balaban J connectivity index is 2.15. The highest BCUT2D eigenvalue weighted by Gasteiger charge is 2.41. The number of nitrogens with zero attached hydrogens (tertiary/aromatic N) is 1. The second kappa shape index (κ2) is 7.32. The third-order valence-electron chi connectivity index (χ3n) is 4.68. The standard InChI is InChI=1S/C19H24N2O4S/c1-13(2)12-20-26(24,25)19-16(21-10-6-3-7-11-21)17(22)14-8-4-5-9-15(14)18(19)23/h4-5,8-9,13,20H,3,6-7,10-12H2,1-2H3. The summed E-state index contributed by atoms with van der Waals surface area (Å²) in [5.74, 6) is -0.894. The van der Waals surface area contributed by atoms with Gasteiger partial charge in [0, 0.05) is 30.8 Å². The molecular weight excluding hydrogens is 352 g/mol. The number of allylic oxidation sites excluding steroid dienone is 2. The molecule has 0 bridgehead atoms. The number of nitrogens with one attached hydrogen (secondary N) is 1. The van der Waals surface area contributed by atoms with Crippen LogP contribution in [-0.2, 0) is 10.0 Å². The van der Waals surface area contributed by atoms with E-state index in [1.807, 2.05) is 13.8 Å². The van der Waals surface area contributed by atoms with E-state index in [0.29, 0.717) is 13.1 Å². The van der Waals surface area contributed by atoms with Crippen LogP contribution in [0.5, 0.6) is 0 Å². The molecule has 0 aromatic heterocycles. The summed E-state index contributed by atoms with van der Waals surface area (Å²) in [6, 6.07) is 6.43. The Kier molecular flexibility index (Phi) is 5.29. The van der Waals surface area contributed by atoms with Crippen LogP contribution in [0.4, 0.5) is 0 Å². The molecule has 26 heavy (non-hydrogen) atoms. The summed E-state index contributed by atoms with van der Waals surface area (Å²) in [6.45, 7) is 5.14. The number of piperidine rings is 1. The van der Waals surface area contributed by atoms with Crippen LogP contribution < -0.4 is 4.72 Å². The quantitative estimate of drug-likeness (QED) is 0.853. The number of hydrogen-bond donors (Lipinski definition) is 1. The Morgan fingerprint density at radius 1 is 1.00 bits per heavy atom. The number of likely N-dealkylation sites (tertiary alicyclic amines) is 1. The molecule has 1 aliphatic carbocycles. The molecule has 6 nitrogen and oxygen atoms in total. The van der Waals surface area contributed by atoms with Crippen molar-refractivity contribution < 1.29 is 18.0 Å². The fraction of sp³-hybridized carbons (Fsp3) is 0.474. The lowest BCUT2D eigenvalue weighted by Crippen LogP contribution is -2.42. The number of fused-ring (bicyclic) bond motifs is 1. The van der Waals surface area contributed by atoms with Gasteiger partial charge in [0.15, 0.2) is 4.91 Å². The van der Waals surface area contributed by atoms with Crippen molar-refractivity contribution in [3.8, 4) is 0 Å². The Morgan fingerprint density at radius 3 is 2.15 bits per heavy atom. The average molecular weight is 376 g/mol. The summed E-state index contributed by atoms with van der Waals surface area (Å²) in [4.78, 5) is 27.5. The number of sulfonamides is 1. The molecule has 1 aromatic rings. The molecule has 1 aliphatic heterocycles. The van der Waals surface area contributed by atoms with Crippen molar-refractivity contribution in [3.63, 3.8) is 0 Å². The van der Waals surface area contributed by atoms with Crippen LogP contribution >= 0.6 is 0 Å².